The highest BCUT2D eigenvalue weighted by Gasteiger charge is 2.43. The Morgan fingerprint density at radius 1 is 1.47 bits per heavy atom. The van der Waals surface area contributed by atoms with Crippen molar-refractivity contribution in [3.63, 3.8) is 0 Å². The molecule has 2 rings (SSSR count). The first-order chi connectivity index (χ1) is 7.20. The molecule has 1 aliphatic carbocycles. The predicted octanol–water partition coefficient (Wildman–Crippen LogP) is 1.71. The molecular weight excluding hydrogens is 192 g/mol. The lowest BCUT2D eigenvalue weighted by molar-refractivity contribution is -0.114. The van der Waals surface area contributed by atoms with Crippen LogP contribution in [0, 0.1) is 11.8 Å². The minimum absolute atomic E-state index is 0.0113. The highest BCUT2D eigenvalue weighted by Crippen LogP contribution is 2.43. The zero-order valence-corrected chi connectivity index (χ0v) is 9.43. The number of hydrogen-bond donors (Lipinski definition) is 1. The molecule has 0 aromatic heterocycles. The van der Waals surface area contributed by atoms with Gasteiger partial charge in [-0.3, -0.25) is 0 Å². The van der Waals surface area contributed by atoms with Gasteiger partial charge in [0.1, 0.15) is 0 Å². The largest absolute Gasteiger partial charge is 0.389 e. The van der Waals surface area contributed by atoms with E-state index in [2.05, 4.69) is 6.08 Å². The topological polar surface area (TPSA) is 38.7 Å². The van der Waals surface area contributed by atoms with E-state index in [-0.39, 0.29) is 12.4 Å². The van der Waals surface area contributed by atoms with Gasteiger partial charge >= 0.3 is 0 Å². The molecule has 3 heteroatoms. The third-order valence-corrected chi connectivity index (χ3v) is 3.50. The first kappa shape index (κ1) is 11.1. The van der Waals surface area contributed by atoms with Gasteiger partial charge in [-0.15, -0.1) is 0 Å². The van der Waals surface area contributed by atoms with Crippen molar-refractivity contribution in [3.8, 4) is 0 Å². The van der Waals surface area contributed by atoms with Crippen LogP contribution < -0.4 is 0 Å². The molecule has 1 N–H and O–H groups in total. The smallest absolute Gasteiger partial charge is 0.157 e. The van der Waals surface area contributed by atoms with Crippen LogP contribution in [0.25, 0.3) is 0 Å². The van der Waals surface area contributed by atoms with Gasteiger partial charge in [0, 0.05) is 13.5 Å². The number of allylic oxidation sites excluding steroid dienone is 1. The molecule has 1 saturated carbocycles. The first-order valence-corrected chi connectivity index (χ1v) is 5.75. The predicted molar refractivity (Wildman–Crippen MR) is 57.3 cm³/mol. The van der Waals surface area contributed by atoms with E-state index in [1.165, 1.54) is 6.42 Å². The molecule has 2 aliphatic rings. The third-order valence-electron chi connectivity index (χ3n) is 3.50. The summed E-state index contributed by atoms with van der Waals surface area (Å²) in [7, 11) is 1.70. The molecular formula is C12H20O3. The van der Waals surface area contributed by atoms with Crippen LogP contribution in [0.3, 0.4) is 0 Å². The number of aliphatic hydroxyl groups is 1. The monoisotopic (exact) mass is 212 g/mol. The molecule has 2 unspecified atom stereocenters. The number of aliphatic hydroxyl groups excluding tert-OH is 1. The maximum atomic E-state index is 9.21. The molecule has 0 amide bonds. The Morgan fingerprint density at radius 2 is 2.27 bits per heavy atom. The fourth-order valence-corrected chi connectivity index (χ4v) is 2.72. The van der Waals surface area contributed by atoms with Gasteiger partial charge < -0.3 is 14.6 Å². The summed E-state index contributed by atoms with van der Waals surface area (Å²) in [4.78, 5) is 0. The van der Waals surface area contributed by atoms with Crippen molar-refractivity contribution in [1.29, 1.82) is 0 Å². The van der Waals surface area contributed by atoms with Crippen molar-refractivity contribution in [3.05, 3.63) is 12.2 Å². The quantitative estimate of drug-likeness (QED) is 0.724. The summed E-state index contributed by atoms with van der Waals surface area (Å²) in [6.45, 7) is 1.78. The van der Waals surface area contributed by atoms with E-state index in [0.717, 1.165) is 12.8 Å². The second-order valence-corrected chi connectivity index (χ2v) is 4.61. The molecule has 0 bridgehead atoms. The Hall–Kier alpha value is -0.380. The summed E-state index contributed by atoms with van der Waals surface area (Å²) in [5, 5.41) is 9.21. The first-order valence-electron chi connectivity index (χ1n) is 5.75. The summed E-state index contributed by atoms with van der Waals surface area (Å²) in [5.41, 5.74) is 0. The van der Waals surface area contributed by atoms with Crippen LogP contribution >= 0.6 is 0 Å². The van der Waals surface area contributed by atoms with Crippen LogP contribution in [0.5, 0.6) is 0 Å². The Kier molecular flexibility index (Phi) is 3.44. The SMILES string of the molecule is CO[C@@H]1C[C@@H]2C(C=CC(C)O)CC[C@H]2O1. The van der Waals surface area contributed by atoms with Crippen molar-refractivity contribution >= 4 is 0 Å². The molecule has 0 aromatic rings. The molecule has 1 saturated heterocycles. The average Bonchev–Trinajstić information content (AvgIpc) is 2.73. The van der Waals surface area contributed by atoms with E-state index in [0.29, 0.717) is 17.9 Å². The van der Waals surface area contributed by atoms with E-state index in [4.69, 9.17) is 9.47 Å². The van der Waals surface area contributed by atoms with Gasteiger partial charge in [0.15, 0.2) is 6.29 Å². The van der Waals surface area contributed by atoms with E-state index in [1.807, 2.05) is 6.08 Å². The van der Waals surface area contributed by atoms with Gasteiger partial charge in [-0.25, -0.2) is 0 Å². The van der Waals surface area contributed by atoms with Crippen molar-refractivity contribution in [2.45, 2.75) is 44.7 Å². The third kappa shape index (κ3) is 2.41. The number of ether oxygens (including phenoxy) is 2. The maximum Gasteiger partial charge on any atom is 0.157 e. The van der Waals surface area contributed by atoms with Crippen LogP contribution in [0.15, 0.2) is 12.2 Å². The lowest BCUT2D eigenvalue weighted by atomic mass is 9.92. The van der Waals surface area contributed by atoms with Crippen molar-refractivity contribution in [1.82, 2.24) is 0 Å². The Balaban J connectivity index is 1.93. The normalized spacial score (nSPS) is 42.3. The summed E-state index contributed by atoms with van der Waals surface area (Å²) in [5.74, 6) is 1.15. The van der Waals surface area contributed by atoms with Gasteiger partial charge in [-0.1, -0.05) is 12.2 Å². The summed E-state index contributed by atoms with van der Waals surface area (Å²) in [6, 6.07) is 0. The lowest BCUT2D eigenvalue weighted by Crippen LogP contribution is -2.12. The van der Waals surface area contributed by atoms with Gasteiger partial charge in [0.25, 0.3) is 0 Å². The Labute approximate surface area is 91.1 Å². The standard InChI is InChI=1S/C12H20O3/c1-8(13)3-4-9-5-6-11-10(9)7-12(14-2)15-11/h3-4,8-13H,5-7H2,1-2H3/t8?,9?,10-,11-,12+/m1/s1. The van der Waals surface area contributed by atoms with Crippen LogP contribution in [0.2, 0.25) is 0 Å². The van der Waals surface area contributed by atoms with Crippen LogP contribution in [0.1, 0.15) is 26.2 Å². The minimum Gasteiger partial charge on any atom is -0.389 e. The molecule has 2 fully saturated rings. The maximum absolute atomic E-state index is 9.21. The zero-order valence-electron chi connectivity index (χ0n) is 9.43. The van der Waals surface area contributed by atoms with Crippen LogP contribution in [-0.2, 0) is 9.47 Å². The summed E-state index contributed by atoms with van der Waals surface area (Å²) in [6.07, 6.45) is 7.35. The van der Waals surface area contributed by atoms with Crippen LogP contribution in [-0.4, -0.2) is 30.7 Å². The highest BCUT2D eigenvalue weighted by molar-refractivity contribution is 5.02. The number of hydrogen-bond acceptors (Lipinski definition) is 3. The number of rotatable bonds is 3. The molecule has 0 aromatic carbocycles. The van der Waals surface area contributed by atoms with E-state index >= 15 is 0 Å². The molecule has 0 spiro atoms. The van der Waals surface area contributed by atoms with Crippen molar-refractivity contribution < 1.29 is 14.6 Å². The second-order valence-electron chi connectivity index (χ2n) is 4.61. The fraction of sp³-hybridized carbons (Fsp3) is 0.833. The molecule has 86 valence electrons. The lowest BCUT2D eigenvalue weighted by Gasteiger charge is -2.13. The number of methoxy groups -OCH3 is 1. The van der Waals surface area contributed by atoms with Crippen molar-refractivity contribution in [2.24, 2.45) is 11.8 Å². The molecule has 15 heavy (non-hydrogen) atoms. The molecule has 1 heterocycles. The highest BCUT2D eigenvalue weighted by atomic mass is 16.7. The number of fused-ring (bicyclic) bond motifs is 1. The van der Waals surface area contributed by atoms with Gasteiger partial charge in [0.2, 0.25) is 0 Å². The van der Waals surface area contributed by atoms with Gasteiger partial charge in [-0.05, 0) is 31.6 Å². The zero-order chi connectivity index (χ0) is 10.8. The van der Waals surface area contributed by atoms with E-state index in [1.54, 1.807) is 14.0 Å². The van der Waals surface area contributed by atoms with E-state index in [9.17, 15) is 5.11 Å². The average molecular weight is 212 g/mol. The Morgan fingerprint density at radius 3 is 2.93 bits per heavy atom. The van der Waals surface area contributed by atoms with E-state index < -0.39 is 0 Å². The Bertz CT molecular complexity index is 237. The van der Waals surface area contributed by atoms with Crippen LogP contribution in [0.4, 0.5) is 0 Å². The second kappa shape index (κ2) is 4.64. The molecule has 1 aliphatic heterocycles. The molecule has 0 radical (unpaired) electrons. The fourth-order valence-electron chi connectivity index (χ4n) is 2.72. The van der Waals surface area contributed by atoms with Crippen molar-refractivity contribution in [2.75, 3.05) is 7.11 Å². The van der Waals surface area contributed by atoms with Gasteiger partial charge in [0.05, 0.1) is 12.2 Å². The molecule has 5 atom stereocenters. The minimum atomic E-state index is -0.343. The molecule has 3 nitrogen and oxygen atoms in total. The summed E-state index contributed by atoms with van der Waals surface area (Å²) < 4.78 is 11.0. The summed E-state index contributed by atoms with van der Waals surface area (Å²) >= 11 is 0. The van der Waals surface area contributed by atoms with Gasteiger partial charge in [-0.2, -0.15) is 0 Å².